The summed E-state index contributed by atoms with van der Waals surface area (Å²) in [5.41, 5.74) is 1.19. The van der Waals surface area contributed by atoms with Crippen LogP contribution in [0.3, 0.4) is 0 Å². The van der Waals surface area contributed by atoms with E-state index in [1.54, 1.807) is 36.7 Å². The van der Waals surface area contributed by atoms with Crippen molar-refractivity contribution in [1.29, 1.82) is 0 Å². The predicted molar refractivity (Wildman–Crippen MR) is 87.3 cm³/mol. The first-order chi connectivity index (χ1) is 11.6. The van der Waals surface area contributed by atoms with Crippen LogP contribution in [0.2, 0.25) is 0 Å². The topological polar surface area (TPSA) is 112 Å². The Balaban J connectivity index is 2.02. The summed E-state index contributed by atoms with van der Waals surface area (Å²) in [6.45, 7) is 0. The molecule has 3 aromatic rings. The largest absolute Gasteiger partial charge is 0.448 e. The molecule has 0 saturated heterocycles. The lowest BCUT2D eigenvalue weighted by atomic mass is 9.94. The fourth-order valence-electron chi connectivity index (χ4n) is 2.57. The molecule has 3 aromatic heterocycles. The van der Waals surface area contributed by atoms with Gasteiger partial charge in [0.05, 0.1) is 17.8 Å². The lowest BCUT2D eigenvalue weighted by molar-refractivity contribution is 0.451. The van der Waals surface area contributed by atoms with Gasteiger partial charge in [0.1, 0.15) is 11.5 Å². The van der Waals surface area contributed by atoms with E-state index in [1.165, 1.54) is 18.7 Å². The number of hydrogen-bond acceptors (Lipinski definition) is 6. The number of nitrogens with two attached hydrogens (primary N) is 1. The average molecular weight is 344 g/mol. The van der Waals surface area contributed by atoms with Gasteiger partial charge >= 0.3 is 0 Å². The van der Waals surface area contributed by atoms with E-state index in [0.29, 0.717) is 11.6 Å². The van der Waals surface area contributed by atoms with E-state index in [-0.39, 0.29) is 6.42 Å². The van der Waals surface area contributed by atoms with Gasteiger partial charge in [-0.1, -0.05) is 12.1 Å². The van der Waals surface area contributed by atoms with Crippen molar-refractivity contribution >= 4 is 10.0 Å². The Bertz CT molecular complexity index is 868. The van der Waals surface area contributed by atoms with Crippen LogP contribution in [0.15, 0.2) is 65.8 Å². The molecule has 2 N–H and O–H groups in total. The fourth-order valence-corrected chi connectivity index (χ4v) is 3.51. The molecule has 0 radical (unpaired) electrons. The lowest BCUT2D eigenvalue weighted by Gasteiger charge is -2.20. The Morgan fingerprint density at radius 3 is 2.54 bits per heavy atom. The molecule has 0 amide bonds. The van der Waals surface area contributed by atoms with Crippen molar-refractivity contribution in [3.63, 3.8) is 0 Å². The van der Waals surface area contributed by atoms with Gasteiger partial charge in [-0.3, -0.25) is 9.97 Å². The maximum Gasteiger partial charge on any atom is 0.217 e. The molecular weight excluding hydrogens is 328 g/mol. The van der Waals surface area contributed by atoms with E-state index in [2.05, 4.69) is 15.0 Å². The maximum absolute atomic E-state index is 12.1. The maximum atomic E-state index is 12.1. The third-order valence-corrected chi connectivity index (χ3v) is 4.93. The quantitative estimate of drug-likeness (QED) is 0.732. The first-order valence-electron chi connectivity index (χ1n) is 7.27. The van der Waals surface area contributed by atoms with Crippen LogP contribution in [-0.2, 0) is 10.0 Å². The molecule has 2 unspecified atom stereocenters. The molecule has 0 aliphatic heterocycles. The summed E-state index contributed by atoms with van der Waals surface area (Å²) in [5.74, 6) is 0.00612. The van der Waals surface area contributed by atoms with Gasteiger partial charge in [0.25, 0.3) is 0 Å². The second-order valence-electron chi connectivity index (χ2n) is 5.28. The molecule has 0 fully saturated rings. The van der Waals surface area contributed by atoms with Crippen molar-refractivity contribution in [2.45, 2.75) is 17.6 Å². The molecule has 7 nitrogen and oxygen atoms in total. The Morgan fingerprint density at radius 1 is 1.08 bits per heavy atom. The Hall–Kier alpha value is -2.58. The van der Waals surface area contributed by atoms with Gasteiger partial charge in [0.15, 0.2) is 0 Å². The van der Waals surface area contributed by atoms with Crippen LogP contribution in [0, 0.1) is 0 Å². The Morgan fingerprint density at radius 2 is 1.96 bits per heavy atom. The van der Waals surface area contributed by atoms with Gasteiger partial charge < -0.3 is 4.42 Å². The molecule has 3 rings (SSSR count). The zero-order chi connectivity index (χ0) is 17.0. The minimum absolute atomic E-state index is 0.155. The van der Waals surface area contributed by atoms with Crippen LogP contribution < -0.4 is 5.14 Å². The molecule has 3 heterocycles. The molecule has 0 bridgehead atoms. The zero-order valence-corrected chi connectivity index (χ0v) is 13.5. The van der Waals surface area contributed by atoms with Crippen molar-refractivity contribution in [2.75, 3.05) is 0 Å². The van der Waals surface area contributed by atoms with Crippen molar-refractivity contribution in [3.8, 4) is 0 Å². The second kappa shape index (κ2) is 6.90. The van der Waals surface area contributed by atoms with Crippen LogP contribution in [0.25, 0.3) is 0 Å². The van der Waals surface area contributed by atoms with Crippen LogP contribution in [-0.4, -0.2) is 23.4 Å². The molecule has 0 spiro atoms. The molecule has 2 atom stereocenters. The van der Waals surface area contributed by atoms with Crippen molar-refractivity contribution in [2.24, 2.45) is 5.14 Å². The van der Waals surface area contributed by atoms with Gasteiger partial charge in [0.2, 0.25) is 15.9 Å². The Labute approximate surface area is 139 Å². The molecule has 0 aliphatic rings. The summed E-state index contributed by atoms with van der Waals surface area (Å²) >= 11 is 0. The highest BCUT2D eigenvalue weighted by Crippen LogP contribution is 2.35. The predicted octanol–water partition coefficient (Wildman–Crippen LogP) is 2.02. The van der Waals surface area contributed by atoms with Crippen LogP contribution in [0.5, 0.6) is 0 Å². The molecule has 0 aliphatic carbocycles. The van der Waals surface area contributed by atoms with Gasteiger partial charge in [0, 0.05) is 18.6 Å². The third-order valence-electron chi connectivity index (χ3n) is 3.70. The molecule has 124 valence electrons. The molecule has 8 heteroatoms. The van der Waals surface area contributed by atoms with E-state index < -0.39 is 21.2 Å². The minimum atomic E-state index is -3.86. The van der Waals surface area contributed by atoms with E-state index >= 15 is 0 Å². The monoisotopic (exact) mass is 344 g/mol. The van der Waals surface area contributed by atoms with Crippen LogP contribution >= 0.6 is 0 Å². The molecule has 0 saturated carbocycles. The highest BCUT2D eigenvalue weighted by molar-refractivity contribution is 7.89. The minimum Gasteiger partial charge on any atom is -0.448 e. The lowest BCUT2D eigenvalue weighted by Crippen LogP contribution is -2.24. The third kappa shape index (κ3) is 3.66. The number of sulfonamides is 1. The first-order valence-corrected chi connectivity index (χ1v) is 8.88. The number of hydrogen-bond donors (Lipinski definition) is 1. The second-order valence-corrected chi connectivity index (χ2v) is 7.02. The fraction of sp³-hybridized carbons (Fsp3) is 0.188. The van der Waals surface area contributed by atoms with Crippen LogP contribution in [0.4, 0.5) is 0 Å². The van der Waals surface area contributed by atoms with Gasteiger partial charge in [-0.25, -0.2) is 18.5 Å². The summed E-state index contributed by atoms with van der Waals surface area (Å²) in [7, 11) is -3.86. The van der Waals surface area contributed by atoms with Gasteiger partial charge in [-0.15, -0.1) is 0 Å². The zero-order valence-electron chi connectivity index (χ0n) is 12.7. The summed E-state index contributed by atoms with van der Waals surface area (Å²) in [4.78, 5) is 12.4. The highest BCUT2D eigenvalue weighted by atomic mass is 32.2. The standard InChI is InChI=1S/C16H16N4O3S/c17-24(21,22)15(14-5-1-2-7-19-14)10-13(16-20-8-9-23-16)12-4-3-6-18-11-12/h1-9,11,13,15H,10H2,(H2,17,21,22). The van der Waals surface area contributed by atoms with Crippen molar-refractivity contribution in [1.82, 2.24) is 15.0 Å². The number of nitrogens with zero attached hydrogens (tertiary/aromatic N) is 3. The van der Waals surface area contributed by atoms with E-state index in [9.17, 15) is 8.42 Å². The number of rotatable bonds is 6. The van der Waals surface area contributed by atoms with Gasteiger partial charge in [-0.2, -0.15) is 0 Å². The normalized spacial score (nSPS) is 14.2. The highest BCUT2D eigenvalue weighted by Gasteiger charge is 2.31. The number of oxazole rings is 1. The number of pyridine rings is 2. The first kappa shape index (κ1) is 16.3. The summed E-state index contributed by atoms with van der Waals surface area (Å²) in [6.07, 6.45) is 7.97. The van der Waals surface area contributed by atoms with E-state index in [1.807, 2.05) is 6.07 Å². The van der Waals surface area contributed by atoms with Crippen molar-refractivity contribution in [3.05, 3.63) is 78.5 Å². The smallest absolute Gasteiger partial charge is 0.217 e. The average Bonchev–Trinajstić information content (AvgIpc) is 3.10. The Kier molecular flexibility index (Phi) is 4.68. The summed E-state index contributed by atoms with van der Waals surface area (Å²) in [6, 6.07) is 8.71. The molecule has 0 aromatic carbocycles. The van der Waals surface area contributed by atoms with E-state index in [4.69, 9.17) is 9.56 Å². The SMILES string of the molecule is NS(=O)(=O)C(CC(c1cccnc1)c1ncco1)c1ccccn1. The van der Waals surface area contributed by atoms with Crippen LogP contribution in [0.1, 0.15) is 34.7 Å². The van der Waals surface area contributed by atoms with Crippen molar-refractivity contribution < 1.29 is 12.8 Å². The number of primary sulfonamides is 1. The number of aromatic nitrogens is 3. The van der Waals surface area contributed by atoms with E-state index in [0.717, 1.165) is 5.56 Å². The van der Waals surface area contributed by atoms with Gasteiger partial charge in [-0.05, 0) is 30.2 Å². The summed E-state index contributed by atoms with van der Waals surface area (Å²) in [5, 5.41) is 4.48. The summed E-state index contributed by atoms with van der Waals surface area (Å²) < 4.78 is 29.7. The molecular formula is C16H16N4O3S. The molecule has 24 heavy (non-hydrogen) atoms.